The summed E-state index contributed by atoms with van der Waals surface area (Å²) in [6, 6.07) is 9.12. The molecule has 0 unspecified atom stereocenters. The van der Waals surface area contributed by atoms with E-state index in [0.29, 0.717) is 21.5 Å². The minimum absolute atomic E-state index is 0.0765. The zero-order valence-corrected chi connectivity index (χ0v) is 18.6. The summed E-state index contributed by atoms with van der Waals surface area (Å²) in [5, 5.41) is 12.2. The molecule has 1 aliphatic heterocycles. The molecule has 1 aromatic heterocycles. The topological polar surface area (TPSA) is 74.6 Å². The van der Waals surface area contributed by atoms with Crippen molar-refractivity contribution >= 4 is 46.9 Å². The molecule has 29 heavy (non-hydrogen) atoms. The Hall–Kier alpha value is -1.83. The number of piperidine rings is 1. The van der Waals surface area contributed by atoms with E-state index in [9.17, 15) is 9.59 Å². The average molecular weight is 456 g/mol. The van der Waals surface area contributed by atoms with Crippen molar-refractivity contribution in [3.05, 3.63) is 50.7 Å². The first-order valence-electron chi connectivity index (χ1n) is 9.24. The second-order valence-electron chi connectivity index (χ2n) is 7.53. The molecule has 0 aliphatic carbocycles. The molecule has 2 aromatic rings. The molecule has 9 heteroatoms. The van der Waals surface area contributed by atoms with E-state index in [1.807, 2.05) is 18.2 Å². The Morgan fingerprint density at radius 1 is 1.21 bits per heavy atom. The van der Waals surface area contributed by atoms with Gasteiger partial charge in [0.15, 0.2) is 0 Å². The summed E-state index contributed by atoms with van der Waals surface area (Å²) in [7, 11) is 1.76. The van der Waals surface area contributed by atoms with Crippen molar-refractivity contribution in [3.63, 3.8) is 0 Å². The van der Waals surface area contributed by atoms with Gasteiger partial charge in [0.1, 0.15) is 5.82 Å². The molecule has 1 aliphatic rings. The number of nitrogens with zero attached hydrogens (tertiary/aromatic N) is 2. The normalized spacial score (nSPS) is 15.9. The van der Waals surface area contributed by atoms with Gasteiger partial charge < -0.3 is 15.3 Å². The van der Waals surface area contributed by atoms with Crippen LogP contribution in [0.5, 0.6) is 0 Å². The lowest BCUT2D eigenvalue weighted by atomic mass is 9.80. The molecule has 1 aromatic carbocycles. The van der Waals surface area contributed by atoms with E-state index in [0.717, 1.165) is 36.6 Å². The number of hydrogen-bond acceptors (Lipinski definition) is 4. The van der Waals surface area contributed by atoms with Gasteiger partial charge in [-0.2, -0.15) is 0 Å². The number of benzene rings is 1. The molecule has 1 fully saturated rings. The van der Waals surface area contributed by atoms with Crippen LogP contribution in [0.3, 0.4) is 0 Å². The van der Waals surface area contributed by atoms with E-state index < -0.39 is 6.09 Å². The van der Waals surface area contributed by atoms with E-state index in [1.54, 1.807) is 23.7 Å². The van der Waals surface area contributed by atoms with Crippen LogP contribution in [0.15, 0.2) is 44.9 Å². The number of pyridine rings is 1. The molecule has 156 valence electrons. The van der Waals surface area contributed by atoms with Gasteiger partial charge in [-0.25, -0.2) is 4.79 Å². The van der Waals surface area contributed by atoms with Crippen molar-refractivity contribution in [1.82, 2.24) is 9.88 Å². The summed E-state index contributed by atoms with van der Waals surface area (Å²) in [6.45, 7) is 4.05. The third-order valence-corrected chi connectivity index (χ3v) is 7.36. The third kappa shape index (κ3) is 5.02. The van der Waals surface area contributed by atoms with Gasteiger partial charge in [-0.1, -0.05) is 48.0 Å². The van der Waals surface area contributed by atoms with Crippen LogP contribution in [0.25, 0.3) is 0 Å². The zero-order chi connectivity index (χ0) is 21.2. The molecular weight excluding hydrogens is 433 g/mol. The van der Waals surface area contributed by atoms with Crippen LogP contribution in [-0.2, 0) is 7.05 Å². The Bertz CT molecular complexity index is 972. The molecule has 2 heterocycles. The molecule has 1 amide bonds. The molecule has 0 bridgehead atoms. The molecule has 0 spiro atoms. The summed E-state index contributed by atoms with van der Waals surface area (Å²) in [5.74, 6) is 0.852. The fourth-order valence-corrected chi connectivity index (χ4v) is 4.84. The maximum absolute atomic E-state index is 12.9. The van der Waals surface area contributed by atoms with Crippen molar-refractivity contribution in [1.29, 1.82) is 0 Å². The quantitative estimate of drug-likeness (QED) is 0.681. The summed E-state index contributed by atoms with van der Waals surface area (Å²) in [6.07, 6.45) is 0.690. The Balaban J connectivity index is 1.74. The fourth-order valence-electron chi connectivity index (χ4n) is 3.42. The number of nitrogens with one attached hydrogen (secondary N) is 1. The predicted molar refractivity (Wildman–Crippen MR) is 118 cm³/mol. The molecular formula is C20H23Cl2N3O3S. The molecule has 0 saturated carbocycles. The second-order valence-corrected chi connectivity index (χ2v) is 9.40. The van der Waals surface area contributed by atoms with Gasteiger partial charge in [0, 0.05) is 31.6 Å². The van der Waals surface area contributed by atoms with Crippen LogP contribution >= 0.6 is 35.0 Å². The van der Waals surface area contributed by atoms with Crippen LogP contribution in [0.2, 0.25) is 10.0 Å². The third-order valence-electron chi connectivity index (χ3n) is 5.34. The highest BCUT2D eigenvalue weighted by Crippen LogP contribution is 2.37. The van der Waals surface area contributed by atoms with E-state index in [2.05, 4.69) is 17.1 Å². The number of halogens is 2. The standard InChI is InChI=1S/C20H23Cl2N3O3S/c1-20(12-23-19(27)28)8-10-25(11-9-20)16-7-6-15(18(26)24(16)2)29-14-5-3-4-13(21)17(14)22/h3-7,23H,8-12H2,1-2H3,(H,27,28). The van der Waals surface area contributed by atoms with E-state index in [4.69, 9.17) is 28.3 Å². The van der Waals surface area contributed by atoms with Crippen LogP contribution in [0.4, 0.5) is 10.6 Å². The van der Waals surface area contributed by atoms with Gasteiger partial charge in [0.25, 0.3) is 5.56 Å². The second kappa shape index (κ2) is 8.90. The number of aromatic nitrogens is 1. The maximum atomic E-state index is 12.9. The van der Waals surface area contributed by atoms with E-state index in [1.165, 1.54) is 11.8 Å². The first-order chi connectivity index (χ1) is 13.7. The molecule has 6 nitrogen and oxygen atoms in total. The number of hydrogen-bond donors (Lipinski definition) is 2. The number of amides is 1. The highest BCUT2D eigenvalue weighted by molar-refractivity contribution is 7.99. The van der Waals surface area contributed by atoms with Crippen molar-refractivity contribution in [2.24, 2.45) is 12.5 Å². The number of rotatable bonds is 5. The Morgan fingerprint density at radius 2 is 1.90 bits per heavy atom. The maximum Gasteiger partial charge on any atom is 0.404 e. The van der Waals surface area contributed by atoms with Gasteiger partial charge >= 0.3 is 6.09 Å². The van der Waals surface area contributed by atoms with E-state index >= 15 is 0 Å². The first-order valence-corrected chi connectivity index (χ1v) is 10.8. The smallest absolute Gasteiger partial charge is 0.404 e. The lowest BCUT2D eigenvalue weighted by molar-refractivity contribution is 0.178. The molecule has 3 rings (SSSR count). The number of anilines is 1. The Morgan fingerprint density at radius 3 is 2.55 bits per heavy atom. The van der Waals surface area contributed by atoms with Crippen molar-refractivity contribution in [3.8, 4) is 0 Å². The summed E-state index contributed by atoms with van der Waals surface area (Å²) >= 11 is 13.6. The molecule has 2 N–H and O–H groups in total. The van der Waals surface area contributed by atoms with Crippen LogP contribution in [0, 0.1) is 5.41 Å². The highest BCUT2D eigenvalue weighted by atomic mass is 35.5. The van der Waals surface area contributed by atoms with Crippen molar-refractivity contribution in [2.75, 3.05) is 24.5 Å². The lowest BCUT2D eigenvalue weighted by Crippen LogP contribution is -2.45. The molecule has 0 radical (unpaired) electrons. The minimum Gasteiger partial charge on any atom is -0.465 e. The van der Waals surface area contributed by atoms with Crippen LogP contribution in [-0.4, -0.2) is 35.4 Å². The first kappa shape index (κ1) is 21.9. The summed E-state index contributed by atoms with van der Waals surface area (Å²) < 4.78 is 1.65. The average Bonchev–Trinajstić information content (AvgIpc) is 2.69. The lowest BCUT2D eigenvalue weighted by Gasteiger charge is -2.40. The van der Waals surface area contributed by atoms with Crippen LogP contribution < -0.4 is 15.8 Å². The monoisotopic (exact) mass is 455 g/mol. The van der Waals surface area contributed by atoms with Gasteiger partial charge in [0.2, 0.25) is 0 Å². The Kier molecular flexibility index (Phi) is 6.71. The van der Waals surface area contributed by atoms with Gasteiger partial charge in [0.05, 0.1) is 14.9 Å². The molecule has 0 atom stereocenters. The van der Waals surface area contributed by atoms with Crippen molar-refractivity contribution in [2.45, 2.75) is 29.6 Å². The van der Waals surface area contributed by atoms with Gasteiger partial charge in [-0.15, -0.1) is 0 Å². The van der Waals surface area contributed by atoms with Crippen LogP contribution in [0.1, 0.15) is 19.8 Å². The molecule has 1 saturated heterocycles. The number of carboxylic acid groups (broad SMARTS) is 1. The van der Waals surface area contributed by atoms with E-state index in [-0.39, 0.29) is 11.0 Å². The summed E-state index contributed by atoms with van der Waals surface area (Å²) in [5.41, 5.74) is -0.170. The SMILES string of the molecule is Cn1c(N2CCC(C)(CNC(=O)O)CC2)ccc(Sc2cccc(Cl)c2Cl)c1=O. The fraction of sp³-hybridized carbons (Fsp3) is 0.400. The Labute approximate surface area is 183 Å². The largest absolute Gasteiger partial charge is 0.465 e. The number of carbonyl (C=O) groups is 1. The zero-order valence-electron chi connectivity index (χ0n) is 16.2. The minimum atomic E-state index is -0.996. The van der Waals surface area contributed by atoms with Crippen molar-refractivity contribution < 1.29 is 9.90 Å². The summed E-state index contributed by atoms with van der Waals surface area (Å²) in [4.78, 5) is 27.2. The van der Waals surface area contributed by atoms with Gasteiger partial charge in [-0.3, -0.25) is 9.36 Å². The predicted octanol–water partition coefficient (Wildman–Crippen LogP) is 4.72. The highest BCUT2D eigenvalue weighted by Gasteiger charge is 2.31. The van der Waals surface area contributed by atoms with Gasteiger partial charge in [-0.05, 0) is 42.5 Å².